The van der Waals surface area contributed by atoms with Crippen LogP contribution in [0.15, 0.2) is 48.5 Å². The number of benzene rings is 2. The van der Waals surface area contributed by atoms with E-state index >= 15 is 0 Å². The van der Waals surface area contributed by atoms with Gasteiger partial charge in [-0.25, -0.2) is 4.39 Å². The highest BCUT2D eigenvalue weighted by molar-refractivity contribution is 6.09. The molecule has 0 aliphatic carbocycles. The second kappa shape index (κ2) is 8.13. The predicted molar refractivity (Wildman–Crippen MR) is 96.7 cm³/mol. The molecule has 2 aromatic carbocycles. The fraction of sp³-hybridized carbons (Fsp3) is 0.333. The maximum Gasteiger partial charge on any atom is 0.260 e. The fourth-order valence-corrected chi connectivity index (χ4v) is 3.12. The van der Waals surface area contributed by atoms with Crippen molar-refractivity contribution >= 4 is 11.7 Å². The van der Waals surface area contributed by atoms with E-state index in [2.05, 4.69) is 6.92 Å². The molecule has 1 aliphatic heterocycles. The van der Waals surface area contributed by atoms with E-state index in [1.54, 1.807) is 24.3 Å². The molecule has 0 radical (unpaired) electrons. The Balaban J connectivity index is 1.56. The molecule has 1 aliphatic rings. The van der Waals surface area contributed by atoms with Crippen molar-refractivity contribution < 1.29 is 18.7 Å². The highest BCUT2D eigenvalue weighted by Gasteiger charge is 2.21. The molecule has 2 aromatic rings. The topological polar surface area (TPSA) is 46.6 Å². The van der Waals surface area contributed by atoms with Crippen LogP contribution < -0.4 is 4.74 Å². The van der Waals surface area contributed by atoms with E-state index in [4.69, 9.17) is 4.74 Å². The summed E-state index contributed by atoms with van der Waals surface area (Å²) in [6.07, 6.45) is 2.20. The third-order valence-corrected chi connectivity index (χ3v) is 4.59. The molecular formula is C21H22FNO3. The van der Waals surface area contributed by atoms with Gasteiger partial charge in [0.25, 0.3) is 5.91 Å². The Morgan fingerprint density at radius 2 is 1.69 bits per heavy atom. The molecule has 0 N–H and O–H groups in total. The van der Waals surface area contributed by atoms with Crippen molar-refractivity contribution in [2.45, 2.75) is 19.8 Å². The smallest absolute Gasteiger partial charge is 0.260 e. The zero-order valence-electron chi connectivity index (χ0n) is 14.8. The van der Waals surface area contributed by atoms with Crippen LogP contribution in [-0.2, 0) is 4.79 Å². The molecular weight excluding hydrogens is 333 g/mol. The van der Waals surface area contributed by atoms with Gasteiger partial charge in [-0.3, -0.25) is 9.59 Å². The molecule has 1 saturated heterocycles. The summed E-state index contributed by atoms with van der Waals surface area (Å²) in [6.45, 7) is 3.72. The molecule has 1 heterocycles. The molecule has 3 rings (SSSR count). The SMILES string of the molecule is C[C@@H]1CCCN(C(=O)COc2ccc(C(=O)c3ccc(F)cc3)cc2)C1. The molecule has 0 unspecified atom stereocenters. The van der Waals surface area contributed by atoms with Crippen LogP contribution in [0.3, 0.4) is 0 Å². The standard InChI is InChI=1S/C21H22FNO3/c1-15-3-2-12-23(13-15)20(24)14-26-19-10-6-17(7-11-19)21(25)16-4-8-18(22)9-5-16/h4-11,15H,2-3,12-14H2,1H3/t15-/m1/s1. The van der Waals surface area contributed by atoms with Gasteiger partial charge in [0.15, 0.2) is 12.4 Å². The third-order valence-electron chi connectivity index (χ3n) is 4.59. The summed E-state index contributed by atoms with van der Waals surface area (Å²) in [5, 5.41) is 0. The van der Waals surface area contributed by atoms with Crippen molar-refractivity contribution in [3.8, 4) is 5.75 Å². The number of ether oxygens (including phenoxy) is 1. The fourth-order valence-electron chi connectivity index (χ4n) is 3.12. The van der Waals surface area contributed by atoms with Crippen LogP contribution >= 0.6 is 0 Å². The van der Waals surface area contributed by atoms with Crippen molar-refractivity contribution in [1.29, 1.82) is 0 Å². The lowest BCUT2D eigenvalue weighted by Gasteiger charge is -2.30. The van der Waals surface area contributed by atoms with E-state index in [1.165, 1.54) is 24.3 Å². The summed E-state index contributed by atoms with van der Waals surface area (Å²) >= 11 is 0. The molecule has 0 saturated carbocycles. The van der Waals surface area contributed by atoms with Gasteiger partial charge >= 0.3 is 0 Å². The first-order valence-electron chi connectivity index (χ1n) is 8.84. The minimum absolute atomic E-state index is 0.00201. The van der Waals surface area contributed by atoms with Crippen LogP contribution in [0.25, 0.3) is 0 Å². The molecule has 1 fully saturated rings. The number of piperidine rings is 1. The lowest BCUT2D eigenvalue weighted by atomic mass is 10.0. The van der Waals surface area contributed by atoms with E-state index in [0.29, 0.717) is 22.8 Å². The molecule has 1 atom stereocenters. The number of hydrogen-bond acceptors (Lipinski definition) is 3. The van der Waals surface area contributed by atoms with Crippen molar-refractivity contribution in [3.63, 3.8) is 0 Å². The number of likely N-dealkylation sites (tertiary alicyclic amines) is 1. The molecule has 1 amide bonds. The number of carbonyl (C=O) groups is 2. The molecule has 4 nitrogen and oxygen atoms in total. The minimum atomic E-state index is -0.377. The van der Waals surface area contributed by atoms with E-state index in [0.717, 1.165) is 25.9 Å². The quantitative estimate of drug-likeness (QED) is 0.769. The van der Waals surface area contributed by atoms with Gasteiger partial charge in [0.2, 0.25) is 0 Å². The number of nitrogens with zero attached hydrogens (tertiary/aromatic N) is 1. The Morgan fingerprint density at radius 3 is 2.31 bits per heavy atom. The average Bonchev–Trinajstić information content (AvgIpc) is 2.66. The van der Waals surface area contributed by atoms with E-state index in [-0.39, 0.29) is 24.1 Å². The summed E-state index contributed by atoms with van der Waals surface area (Å²) in [5.74, 6) is 0.500. The summed E-state index contributed by atoms with van der Waals surface area (Å²) in [7, 11) is 0. The Morgan fingerprint density at radius 1 is 1.08 bits per heavy atom. The number of halogens is 1. The van der Waals surface area contributed by atoms with Crippen molar-refractivity contribution in [1.82, 2.24) is 4.90 Å². The van der Waals surface area contributed by atoms with Crippen LogP contribution in [0, 0.1) is 11.7 Å². The first-order valence-corrected chi connectivity index (χ1v) is 8.84. The van der Waals surface area contributed by atoms with Gasteiger partial charge in [-0.15, -0.1) is 0 Å². The summed E-state index contributed by atoms with van der Waals surface area (Å²) in [5.41, 5.74) is 0.912. The Bertz CT molecular complexity index is 771. The number of carbonyl (C=O) groups excluding carboxylic acids is 2. The van der Waals surface area contributed by atoms with E-state index in [1.807, 2.05) is 4.90 Å². The second-order valence-electron chi connectivity index (χ2n) is 6.74. The number of ketones is 1. The van der Waals surface area contributed by atoms with Gasteiger partial charge in [-0.1, -0.05) is 6.92 Å². The first kappa shape index (κ1) is 18.1. The molecule has 5 heteroatoms. The summed E-state index contributed by atoms with van der Waals surface area (Å²) < 4.78 is 18.5. The van der Waals surface area contributed by atoms with Gasteiger partial charge in [0.05, 0.1) is 0 Å². The number of amides is 1. The molecule has 0 spiro atoms. The van der Waals surface area contributed by atoms with Crippen LogP contribution in [-0.4, -0.2) is 36.3 Å². The van der Waals surface area contributed by atoms with Gasteiger partial charge in [0.1, 0.15) is 11.6 Å². The highest BCUT2D eigenvalue weighted by Crippen LogP contribution is 2.18. The van der Waals surface area contributed by atoms with Crippen molar-refractivity contribution in [2.75, 3.05) is 19.7 Å². The first-order chi connectivity index (χ1) is 12.5. The van der Waals surface area contributed by atoms with E-state index < -0.39 is 0 Å². The monoisotopic (exact) mass is 355 g/mol. The minimum Gasteiger partial charge on any atom is -0.484 e. The summed E-state index contributed by atoms with van der Waals surface area (Å²) in [6, 6.07) is 12.1. The summed E-state index contributed by atoms with van der Waals surface area (Å²) in [4.78, 5) is 26.4. The van der Waals surface area contributed by atoms with Crippen LogP contribution in [0.5, 0.6) is 5.75 Å². The lowest BCUT2D eigenvalue weighted by Crippen LogP contribution is -2.41. The Hall–Kier alpha value is -2.69. The molecule has 136 valence electrons. The number of hydrogen-bond donors (Lipinski definition) is 0. The molecule has 26 heavy (non-hydrogen) atoms. The van der Waals surface area contributed by atoms with Crippen LogP contribution in [0.4, 0.5) is 4.39 Å². The zero-order chi connectivity index (χ0) is 18.5. The predicted octanol–water partition coefficient (Wildman–Crippen LogP) is 3.69. The van der Waals surface area contributed by atoms with E-state index in [9.17, 15) is 14.0 Å². The van der Waals surface area contributed by atoms with Crippen LogP contribution in [0.1, 0.15) is 35.7 Å². The molecule has 0 aromatic heterocycles. The van der Waals surface area contributed by atoms with Gasteiger partial charge in [-0.05, 0) is 67.3 Å². The Kier molecular flexibility index (Phi) is 5.66. The third kappa shape index (κ3) is 4.48. The maximum atomic E-state index is 13.0. The maximum absolute atomic E-state index is 13.0. The largest absolute Gasteiger partial charge is 0.484 e. The number of rotatable bonds is 5. The zero-order valence-corrected chi connectivity index (χ0v) is 14.8. The lowest BCUT2D eigenvalue weighted by molar-refractivity contribution is -0.135. The average molecular weight is 355 g/mol. The Labute approximate surface area is 152 Å². The van der Waals surface area contributed by atoms with Crippen LogP contribution in [0.2, 0.25) is 0 Å². The molecule has 0 bridgehead atoms. The highest BCUT2D eigenvalue weighted by atomic mass is 19.1. The van der Waals surface area contributed by atoms with Gasteiger partial charge < -0.3 is 9.64 Å². The van der Waals surface area contributed by atoms with Gasteiger partial charge in [0, 0.05) is 24.2 Å². The van der Waals surface area contributed by atoms with Crippen molar-refractivity contribution in [2.24, 2.45) is 5.92 Å². The second-order valence-corrected chi connectivity index (χ2v) is 6.74. The normalized spacial score (nSPS) is 17.0. The van der Waals surface area contributed by atoms with Gasteiger partial charge in [-0.2, -0.15) is 0 Å². The van der Waals surface area contributed by atoms with Crippen molar-refractivity contribution in [3.05, 3.63) is 65.5 Å².